The number of carbonyl (C=O) groups is 1. The fourth-order valence-electron chi connectivity index (χ4n) is 4.23. The summed E-state index contributed by atoms with van der Waals surface area (Å²) in [6, 6.07) is 13.1. The molecule has 5 heteroatoms. The Bertz CT molecular complexity index is 1290. The van der Waals surface area contributed by atoms with Crippen molar-refractivity contribution >= 4 is 23.0 Å². The number of hydrogen-bond acceptors (Lipinski definition) is 4. The molecule has 0 atom stereocenters. The van der Waals surface area contributed by atoms with Crippen molar-refractivity contribution < 1.29 is 4.79 Å². The number of pyridine rings is 1. The average molecular weight is 463 g/mol. The second-order valence-corrected chi connectivity index (χ2v) is 8.48. The number of carbonyl (C=O) groups excluding carboxylic acids is 1. The van der Waals surface area contributed by atoms with E-state index in [4.69, 9.17) is 0 Å². The highest BCUT2D eigenvalue weighted by atomic mass is 16.1. The standard InChI is InChI=1S/C30H30N4O/c1-5-22-18-26(19-27(29(22)31-6-2)25-10-9-17-34(20-25)21(3)4)23-12-14-24(15-13-23)30(35)33-28-11-7-8-16-32-28/h5-8,10-16,18-19H,2-3,9,17,20H2,1,4H3,(H,32,33,35)/b22-5-,31-29?. The maximum atomic E-state index is 12.6. The Balaban J connectivity index is 1.65. The van der Waals surface area contributed by atoms with Gasteiger partial charge in [-0.15, -0.1) is 0 Å². The molecule has 1 N–H and O–H groups in total. The highest BCUT2D eigenvalue weighted by Crippen LogP contribution is 2.33. The van der Waals surface area contributed by atoms with E-state index in [1.165, 1.54) is 5.57 Å². The molecule has 2 aliphatic rings. The summed E-state index contributed by atoms with van der Waals surface area (Å²) in [5.41, 5.74) is 8.04. The first kappa shape index (κ1) is 23.9. The van der Waals surface area contributed by atoms with Gasteiger partial charge in [-0.1, -0.05) is 43.5 Å². The Morgan fingerprint density at radius 3 is 2.63 bits per heavy atom. The van der Waals surface area contributed by atoms with Crippen LogP contribution in [-0.4, -0.2) is 34.6 Å². The zero-order chi connectivity index (χ0) is 24.8. The topological polar surface area (TPSA) is 57.6 Å². The van der Waals surface area contributed by atoms with Crippen LogP contribution in [0.4, 0.5) is 5.82 Å². The largest absolute Gasteiger partial charge is 0.371 e. The van der Waals surface area contributed by atoms with Crippen LogP contribution in [0, 0.1) is 0 Å². The van der Waals surface area contributed by atoms with E-state index in [9.17, 15) is 4.79 Å². The number of anilines is 1. The zero-order valence-electron chi connectivity index (χ0n) is 20.3. The van der Waals surface area contributed by atoms with Crippen molar-refractivity contribution in [1.82, 2.24) is 9.88 Å². The lowest BCUT2D eigenvalue weighted by Crippen LogP contribution is -2.30. The fraction of sp³-hybridized carbons (Fsp3) is 0.167. The third-order valence-corrected chi connectivity index (χ3v) is 6.09. The van der Waals surface area contributed by atoms with Crippen LogP contribution in [0.3, 0.4) is 0 Å². The summed E-state index contributed by atoms with van der Waals surface area (Å²) >= 11 is 0. The molecule has 0 unspecified atom stereocenters. The van der Waals surface area contributed by atoms with E-state index in [2.05, 4.69) is 57.7 Å². The molecule has 2 aromatic rings. The Morgan fingerprint density at radius 2 is 1.97 bits per heavy atom. The van der Waals surface area contributed by atoms with Crippen LogP contribution in [0.25, 0.3) is 5.57 Å². The second-order valence-electron chi connectivity index (χ2n) is 8.48. The van der Waals surface area contributed by atoms with Gasteiger partial charge in [-0.2, -0.15) is 0 Å². The first-order valence-corrected chi connectivity index (χ1v) is 11.7. The summed E-state index contributed by atoms with van der Waals surface area (Å²) in [6.45, 7) is 13.8. The summed E-state index contributed by atoms with van der Waals surface area (Å²) < 4.78 is 0. The minimum atomic E-state index is -0.189. The molecule has 176 valence electrons. The Morgan fingerprint density at radius 1 is 1.17 bits per heavy atom. The molecule has 0 radical (unpaired) electrons. The third kappa shape index (κ3) is 5.46. The summed E-state index contributed by atoms with van der Waals surface area (Å²) in [4.78, 5) is 23.7. The molecule has 4 rings (SSSR count). The van der Waals surface area contributed by atoms with Gasteiger partial charge in [-0.25, -0.2) is 4.98 Å². The quantitative estimate of drug-likeness (QED) is 0.544. The molecular formula is C30H30N4O. The van der Waals surface area contributed by atoms with Crippen LogP contribution in [0.1, 0.15) is 36.2 Å². The van der Waals surface area contributed by atoms with Crippen molar-refractivity contribution in [3.8, 4) is 0 Å². The van der Waals surface area contributed by atoms with Crippen molar-refractivity contribution in [3.05, 3.63) is 126 Å². The number of aliphatic imine (C=N–C) groups is 1. The summed E-state index contributed by atoms with van der Waals surface area (Å²) in [7, 11) is 0. The van der Waals surface area contributed by atoms with Crippen LogP contribution in [0.5, 0.6) is 0 Å². The van der Waals surface area contributed by atoms with Crippen LogP contribution >= 0.6 is 0 Å². The second kappa shape index (κ2) is 10.8. The highest BCUT2D eigenvalue weighted by Gasteiger charge is 2.24. The zero-order valence-corrected chi connectivity index (χ0v) is 20.3. The van der Waals surface area contributed by atoms with Crippen molar-refractivity contribution in [2.75, 3.05) is 18.4 Å². The van der Waals surface area contributed by atoms with Gasteiger partial charge in [-0.3, -0.25) is 9.79 Å². The van der Waals surface area contributed by atoms with Crippen molar-refractivity contribution in [3.63, 3.8) is 0 Å². The number of benzene rings is 1. The number of rotatable bonds is 6. The van der Waals surface area contributed by atoms with E-state index in [1.54, 1.807) is 18.5 Å². The van der Waals surface area contributed by atoms with Gasteiger partial charge in [0.1, 0.15) is 5.82 Å². The predicted molar refractivity (Wildman–Crippen MR) is 145 cm³/mol. The van der Waals surface area contributed by atoms with Gasteiger partial charge >= 0.3 is 0 Å². The molecule has 35 heavy (non-hydrogen) atoms. The molecule has 1 amide bonds. The molecule has 5 nitrogen and oxygen atoms in total. The highest BCUT2D eigenvalue weighted by molar-refractivity contribution is 6.21. The number of aromatic nitrogens is 1. The van der Waals surface area contributed by atoms with E-state index in [0.29, 0.717) is 11.4 Å². The van der Waals surface area contributed by atoms with Gasteiger partial charge in [-0.05, 0) is 79.0 Å². The van der Waals surface area contributed by atoms with Crippen LogP contribution < -0.4 is 5.32 Å². The lowest BCUT2D eigenvalue weighted by Gasteiger charge is -2.32. The van der Waals surface area contributed by atoms with Crippen molar-refractivity contribution in [2.45, 2.75) is 20.3 Å². The maximum Gasteiger partial charge on any atom is 0.256 e. The number of hydrogen-bond donors (Lipinski definition) is 1. The van der Waals surface area contributed by atoms with E-state index in [0.717, 1.165) is 53.2 Å². The number of amides is 1. The van der Waals surface area contributed by atoms with Gasteiger partial charge in [0.2, 0.25) is 0 Å². The lowest BCUT2D eigenvalue weighted by atomic mass is 9.84. The average Bonchev–Trinajstić information content (AvgIpc) is 2.89. The number of allylic oxidation sites excluding steroid dienone is 6. The van der Waals surface area contributed by atoms with E-state index < -0.39 is 0 Å². The molecule has 0 spiro atoms. The Hall–Kier alpha value is -4.25. The molecule has 0 bridgehead atoms. The van der Waals surface area contributed by atoms with Crippen LogP contribution in [-0.2, 0) is 0 Å². The summed E-state index contributed by atoms with van der Waals surface area (Å²) in [5.74, 6) is 0.339. The molecule has 1 aliphatic carbocycles. The molecule has 1 aliphatic heterocycles. The van der Waals surface area contributed by atoms with Gasteiger partial charge in [0.25, 0.3) is 5.91 Å². The SMILES string of the molecule is C=CN=C1C(C2=CCCN(C(=C)C)C2)=CC(c2ccc(C(=O)Nc3ccccn3)cc2)=C/C1=C/C. The summed E-state index contributed by atoms with van der Waals surface area (Å²) in [5, 5.41) is 2.83. The molecule has 2 heterocycles. The summed E-state index contributed by atoms with van der Waals surface area (Å²) in [6.07, 6.45) is 12.9. The van der Waals surface area contributed by atoms with E-state index >= 15 is 0 Å². The minimum Gasteiger partial charge on any atom is -0.371 e. The molecule has 0 saturated carbocycles. The predicted octanol–water partition coefficient (Wildman–Crippen LogP) is 6.35. The number of nitrogens with one attached hydrogen (secondary N) is 1. The maximum absolute atomic E-state index is 12.6. The lowest BCUT2D eigenvalue weighted by molar-refractivity contribution is 0.102. The van der Waals surface area contributed by atoms with Crippen molar-refractivity contribution in [2.24, 2.45) is 4.99 Å². The first-order valence-electron chi connectivity index (χ1n) is 11.7. The van der Waals surface area contributed by atoms with Gasteiger partial charge in [0.05, 0.1) is 5.71 Å². The van der Waals surface area contributed by atoms with Crippen LogP contribution in [0.2, 0.25) is 0 Å². The Labute approximate surface area is 207 Å². The molecular weight excluding hydrogens is 432 g/mol. The minimum absolute atomic E-state index is 0.189. The first-order chi connectivity index (χ1) is 17.0. The molecule has 0 fully saturated rings. The van der Waals surface area contributed by atoms with E-state index in [1.807, 2.05) is 50.2 Å². The molecule has 0 saturated heterocycles. The smallest absolute Gasteiger partial charge is 0.256 e. The van der Waals surface area contributed by atoms with Gasteiger partial charge in [0, 0.05) is 42.3 Å². The van der Waals surface area contributed by atoms with Crippen molar-refractivity contribution in [1.29, 1.82) is 0 Å². The van der Waals surface area contributed by atoms with Gasteiger partial charge in [0.15, 0.2) is 0 Å². The Kier molecular flexibility index (Phi) is 7.36. The van der Waals surface area contributed by atoms with Gasteiger partial charge < -0.3 is 10.2 Å². The monoisotopic (exact) mass is 462 g/mol. The van der Waals surface area contributed by atoms with E-state index in [-0.39, 0.29) is 5.91 Å². The normalized spacial score (nSPS) is 18.0. The van der Waals surface area contributed by atoms with Crippen LogP contribution in [0.15, 0.2) is 120 Å². The molecule has 1 aromatic carbocycles. The molecule has 1 aromatic heterocycles. The number of nitrogens with zero attached hydrogens (tertiary/aromatic N) is 3. The third-order valence-electron chi connectivity index (χ3n) is 6.09. The fourth-order valence-corrected chi connectivity index (χ4v) is 4.23.